The Morgan fingerprint density at radius 3 is 2.54 bits per heavy atom. The lowest BCUT2D eigenvalue weighted by molar-refractivity contribution is -0.133. The summed E-state index contributed by atoms with van der Waals surface area (Å²) in [4.78, 5) is 31.0. The molecule has 2 fully saturated rings. The monoisotopic (exact) mass is 413 g/mol. The molecule has 28 heavy (non-hydrogen) atoms. The molecule has 1 unspecified atom stereocenters. The number of urea groups is 1. The summed E-state index contributed by atoms with van der Waals surface area (Å²) in [7, 11) is 1.87. The number of hydrogen-bond donors (Lipinski definition) is 2. The zero-order valence-corrected chi connectivity index (χ0v) is 18.2. The van der Waals surface area contributed by atoms with Gasteiger partial charge in [-0.1, -0.05) is 25.9 Å². The molecule has 1 atom stereocenters. The molecule has 1 saturated heterocycles. The number of aromatic nitrogens is 2. The first-order valence-electron chi connectivity index (χ1n) is 9.77. The van der Waals surface area contributed by atoms with Crippen LogP contribution in [-0.2, 0) is 17.8 Å². The Balaban J connectivity index is 0.00000280. The Morgan fingerprint density at radius 1 is 1.32 bits per heavy atom. The third-order valence-corrected chi connectivity index (χ3v) is 6.09. The van der Waals surface area contributed by atoms with Crippen LogP contribution in [0.15, 0.2) is 4.52 Å². The number of nitrogens with one attached hydrogen (secondary N) is 2. The number of hydrogen-bond acceptors (Lipinski definition) is 6. The maximum absolute atomic E-state index is 13.0. The number of imide groups is 1. The van der Waals surface area contributed by atoms with Gasteiger partial charge in [-0.05, 0) is 51.0 Å². The second kappa shape index (κ2) is 8.37. The molecule has 1 spiro atoms. The third-order valence-electron chi connectivity index (χ3n) is 6.09. The molecule has 9 heteroatoms. The molecular formula is C19H32ClN5O3. The SMILES string of the molecule is CNC(C)Cc1noc(CN2C(=O)NC3(CCC(C(C)(C)C)CC3)C2=O)n1.Cl. The van der Waals surface area contributed by atoms with Crippen LogP contribution in [0.4, 0.5) is 4.79 Å². The number of likely N-dealkylation sites (N-methyl/N-ethyl adjacent to an activating group) is 1. The minimum Gasteiger partial charge on any atom is -0.337 e. The van der Waals surface area contributed by atoms with Crippen molar-refractivity contribution in [3.8, 4) is 0 Å². The minimum atomic E-state index is -0.762. The zero-order valence-electron chi connectivity index (χ0n) is 17.4. The van der Waals surface area contributed by atoms with Crippen molar-refractivity contribution in [2.75, 3.05) is 7.05 Å². The Labute approximate surface area is 172 Å². The fourth-order valence-electron chi connectivity index (χ4n) is 4.08. The van der Waals surface area contributed by atoms with Crippen LogP contribution in [0.5, 0.6) is 0 Å². The fraction of sp³-hybridized carbons (Fsp3) is 0.789. The van der Waals surface area contributed by atoms with Crippen molar-refractivity contribution in [1.82, 2.24) is 25.7 Å². The second-order valence-electron chi connectivity index (χ2n) is 9.04. The van der Waals surface area contributed by atoms with Gasteiger partial charge in [-0.25, -0.2) is 4.79 Å². The summed E-state index contributed by atoms with van der Waals surface area (Å²) in [5.74, 6) is 1.26. The summed E-state index contributed by atoms with van der Waals surface area (Å²) in [6.07, 6.45) is 3.87. The molecule has 0 radical (unpaired) electrons. The van der Waals surface area contributed by atoms with Gasteiger partial charge in [0.15, 0.2) is 5.82 Å². The van der Waals surface area contributed by atoms with E-state index in [0.29, 0.717) is 31.0 Å². The van der Waals surface area contributed by atoms with Crippen LogP contribution in [0, 0.1) is 11.3 Å². The molecule has 2 N–H and O–H groups in total. The predicted octanol–water partition coefficient (Wildman–Crippen LogP) is 2.67. The summed E-state index contributed by atoms with van der Waals surface area (Å²) in [5, 5.41) is 10.0. The van der Waals surface area contributed by atoms with E-state index in [9.17, 15) is 9.59 Å². The van der Waals surface area contributed by atoms with Gasteiger partial charge in [0, 0.05) is 12.5 Å². The molecule has 2 aliphatic rings. The average molecular weight is 414 g/mol. The van der Waals surface area contributed by atoms with Crippen molar-refractivity contribution in [3.05, 3.63) is 11.7 Å². The summed E-state index contributed by atoms with van der Waals surface area (Å²) in [6, 6.07) is -0.147. The first-order chi connectivity index (χ1) is 12.6. The first kappa shape index (κ1) is 22.6. The van der Waals surface area contributed by atoms with Crippen LogP contribution in [0.25, 0.3) is 0 Å². The van der Waals surface area contributed by atoms with E-state index >= 15 is 0 Å². The van der Waals surface area contributed by atoms with Gasteiger partial charge >= 0.3 is 6.03 Å². The smallest absolute Gasteiger partial charge is 0.325 e. The van der Waals surface area contributed by atoms with Gasteiger partial charge in [-0.15, -0.1) is 12.4 Å². The molecule has 3 amide bonds. The summed E-state index contributed by atoms with van der Waals surface area (Å²) < 4.78 is 5.24. The van der Waals surface area contributed by atoms with Gasteiger partial charge in [0.2, 0.25) is 5.89 Å². The van der Waals surface area contributed by atoms with E-state index in [-0.39, 0.29) is 48.2 Å². The van der Waals surface area contributed by atoms with Crippen molar-refractivity contribution in [3.63, 3.8) is 0 Å². The number of rotatable bonds is 5. The number of carbonyl (C=O) groups is 2. The molecule has 2 heterocycles. The zero-order chi connectivity index (χ0) is 19.8. The molecule has 1 saturated carbocycles. The molecular weight excluding hydrogens is 382 g/mol. The highest BCUT2D eigenvalue weighted by atomic mass is 35.5. The van der Waals surface area contributed by atoms with Gasteiger partial charge in [-0.3, -0.25) is 9.69 Å². The third kappa shape index (κ3) is 4.49. The first-order valence-corrected chi connectivity index (χ1v) is 9.77. The lowest BCUT2D eigenvalue weighted by atomic mass is 9.67. The quantitative estimate of drug-likeness (QED) is 0.720. The van der Waals surface area contributed by atoms with E-state index in [2.05, 4.69) is 41.5 Å². The Bertz CT molecular complexity index is 707. The highest BCUT2D eigenvalue weighted by Gasteiger charge is 2.53. The van der Waals surface area contributed by atoms with Gasteiger partial charge in [0.05, 0.1) is 0 Å². The normalized spacial score (nSPS) is 26.3. The Hall–Kier alpha value is -1.67. The summed E-state index contributed by atoms with van der Waals surface area (Å²) >= 11 is 0. The van der Waals surface area contributed by atoms with Crippen molar-refractivity contribution >= 4 is 24.3 Å². The van der Waals surface area contributed by atoms with Gasteiger partial charge in [0.1, 0.15) is 12.1 Å². The van der Waals surface area contributed by atoms with Crippen LogP contribution < -0.4 is 10.6 Å². The minimum absolute atomic E-state index is 0. The van der Waals surface area contributed by atoms with Gasteiger partial charge in [0.25, 0.3) is 5.91 Å². The highest BCUT2D eigenvalue weighted by Crippen LogP contribution is 2.43. The molecule has 1 aromatic rings. The largest absolute Gasteiger partial charge is 0.337 e. The second-order valence-corrected chi connectivity index (χ2v) is 9.04. The van der Waals surface area contributed by atoms with Crippen molar-refractivity contribution in [2.45, 2.75) is 77.9 Å². The molecule has 1 aliphatic carbocycles. The van der Waals surface area contributed by atoms with Crippen LogP contribution in [0.3, 0.4) is 0 Å². The standard InChI is InChI=1S/C19H31N5O3.ClH/c1-12(20-5)10-14-21-15(27-23-14)11-24-16(25)19(22-17(24)26)8-6-13(7-9-19)18(2,3)4;/h12-13,20H,6-11H2,1-5H3,(H,22,26);1H. The lowest BCUT2D eigenvalue weighted by Gasteiger charge is -2.40. The molecule has 0 aromatic carbocycles. The molecule has 1 aromatic heterocycles. The topological polar surface area (TPSA) is 100 Å². The van der Waals surface area contributed by atoms with Crippen LogP contribution >= 0.6 is 12.4 Å². The Kier molecular flexibility index (Phi) is 6.76. The maximum Gasteiger partial charge on any atom is 0.325 e. The Morgan fingerprint density at radius 2 is 1.96 bits per heavy atom. The number of nitrogens with zero attached hydrogens (tertiary/aromatic N) is 3. The summed E-state index contributed by atoms with van der Waals surface area (Å²) in [6.45, 7) is 8.75. The lowest BCUT2D eigenvalue weighted by Crippen LogP contribution is -2.50. The van der Waals surface area contributed by atoms with E-state index < -0.39 is 5.54 Å². The number of amides is 3. The van der Waals surface area contributed by atoms with Crippen LogP contribution in [0.2, 0.25) is 0 Å². The fourth-order valence-corrected chi connectivity index (χ4v) is 4.08. The highest BCUT2D eigenvalue weighted by molar-refractivity contribution is 6.07. The predicted molar refractivity (Wildman–Crippen MR) is 107 cm³/mol. The van der Waals surface area contributed by atoms with E-state index in [1.54, 1.807) is 0 Å². The maximum atomic E-state index is 13.0. The van der Waals surface area contributed by atoms with E-state index in [1.165, 1.54) is 4.90 Å². The van der Waals surface area contributed by atoms with E-state index in [4.69, 9.17) is 4.52 Å². The van der Waals surface area contributed by atoms with Crippen LogP contribution in [0.1, 0.15) is 65.1 Å². The van der Waals surface area contributed by atoms with Crippen molar-refractivity contribution in [2.24, 2.45) is 11.3 Å². The van der Waals surface area contributed by atoms with E-state index in [0.717, 1.165) is 12.8 Å². The molecule has 3 rings (SSSR count). The van der Waals surface area contributed by atoms with Crippen LogP contribution in [-0.4, -0.2) is 45.6 Å². The van der Waals surface area contributed by atoms with Crippen molar-refractivity contribution in [1.29, 1.82) is 0 Å². The molecule has 8 nitrogen and oxygen atoms in total. The molecule has 1 aliphatic heterocycles. The molecule has 158 valence electrons. The number of halogens is 1. The average Bonchev–Trinajstić information content (AvgIpc) is 3.13. The molecule has 0 bridgehead atoms. The number of carbonyl (C=O) groups excluding carboxylic acids is 2. The van der Waals surface area contributed by atoms with Gasteiger partial charge in [-0.2, -0.15) is 4.98 Å². The van der Waals surface area contributed by atoms with Gasteiger partial charge < -0.3 is 15.2 Å². The van der Waals surface area contributed by atoms with Crippen molar-refractivity contribution < 1.29 is 14.1 Å². The van der Waals surface area contributed by atoms with E-state index in [1.807, 2.05) is 14.0 Å². The summed E-state index contributed by atoms with van der Waals surface area (Å²) in [5.41, 5.74) is -0.542.